The molecule has 0 aliphatic rings. The highest BCUT2D eigenvalue weighted by Crippen LogP contribution is 2.42. The van der Waals surface area contributed by atoms with Gasteiger partial charge in [0.05, 0.1) is 7.92 Å². The first-order valence-electron chi connectivity index (χ1n) is 16.3. The molecule has 0 N–H and O–H groups in total. The maximum absolute atomic E-state index is 16.1. The van der Waals surface area contributed by atoms with Gasteiger partial charge in [0.15, 0.2) is 41.3 Å². The van der Waals surface area contributed by atoms with E-state index >= 15 is 35.1 Å². The molecule has 0 saturated heterocycles. The summed E-state index contributed by atoms with van der Waals surface area (Å²) < 4.78 is 160. The quantitative estimate of drug-likeness (QED) is 0.0456. The maximum atomic E-state index is 16.1. The van der Waals surface area contributed by atoms with E-state index in [0.29, 0.717) is 0 Å². The molecular formula is C39H34BF10OP. The van der Waals surface area contributed by atoms with Crippen molar-refractivity contribution >= 4 is 35.8 Å². The lowest BCUT2D eigenvalue weighted by atomic mass is 9.29. The number of hydrogen-bond acceptors (Lipinski definition) is 1. The first-order valence-corrected chi connectivity index (χ1v) is 18.0. The highest BCUT2D eigenvalue weighted by Gasteiger charge is 2.46. The molecule has 0 saturated carbocycles. The van der Waals surface area contributed by atoms with Crippen molar-refractivity contribution in [1.82, 2.24) is 0 Å². The minimum absolute atomic E-state index is 0.211. The largest absolute Gasteiger partial charge is 0.579 e. The van der Waals surface area contributed by atoms with Gasteiger partial charge in [-0.15, -0.1) is 6.32 Å². The van der Waals surface area contributed by atoms with Crippen molar-refractivity contribution < 1.29 is 48.6 Å². The van der Waals surface area contributed by atoms with Gasteiger partial charge in [-0.1, -0.05) is 76.6 Å². The second-order valence-electron chi connectivity index (χ2n) is 13.3. The lowest BCUT2D eigenvalue weighted by molar-refractivity contribution is 0.296. The molecule has 0 unspecified atom stereocenters. The molecule has 5 aromatic carbocycles. The summed E-state index contributed by atoms with van der Waals surface area (Å²) >= 11 is 0. The summed E-state index contributed by atoms with van der Waals surface area (Å²) in [5.74, 6) is -25.2. The van der Waals surface area contributed by atoms with E-state index in [-0.39, 0.29) is 11.7 Å². The zero-order chi connectivity index (χ0) is 38.4. The highest BCUT2D eigenvalue weighted by atomic mass is 31.1. The Hall–Kier alpha value is -4.15. The van der Waals surface area contributed by atoms with Crippen molar-refractivity contribution in [3.05, 3.63) is 152 Å². The number of halogens is 10. The minimum atomic E-state index is -4.50. The van der Waals surface area contributed by atoms with E-state index < -0.39 is 96.3 Å². The van der Waals surface area contributed by atoms with E-state index in [9.17, 15) is 8.78 Å². The lowest BCUT2D eigenvalue weighted by Crippen LogP contribution is -2.66. The fourth-order valence-corrected chi connectivity index (χ4v) is 11.2. The molecule has 52 heavy (non-hydrogen) atoms. The molecule has 0 atom stereocenters. The average Bonchev–Trinajstić information content (AvgIpc) is 3.08. The van der Waals surface area contributed by atoms with Gasteiger partial charge in [0, 0.05) is 12.8 Å². The molecule has 0 aromatic heterocycles. The first-order chi connectivity index (χ1) is 24.4. The van der Waals surface area contributed by atoms with Crippen molar-refractivity contribution in [2.24, 2.45) is 0 Å². The third-order valence-electron chi connectivity index (χ3n) is 9.56. The predicted molar refractivity (Wildman–Crippen MR) is 187 cm³/mol. The van der Waals surface area contributed by atoms with E-state index in [1.165, 1.54) is 24.3 Å². The molecule has 0 bridgehead atoms. The first kappa shape index (κ1) is 39.1. The molecule has 5 rings (SSSR count). The molecule has 274 valence electrons. The summed E-state index contributed by atoms with van der Waals surface area (Å²) in [6, 6.07) is 15.1. The Morgan fingerprint density at radius 2 is 0.808 bits per heavy atom. The van der Waals surface area contributed by atoms with Crippen LogP contribution in [0.15, 0.2) is 54.6 Å². The Morgan fingerprint density at radius 1 is 0.481 bits per heavy atom. The van der Waals surface area contributed by atoms with Crippen molar-refractivity contribution in [1.29, 1.82) is 0 Å². The van der Waals surface area contributed by atoms with Gasteiger partial charge in [0.2, 0.25) is 0 Å². The van der Waals surface area contributed by atoms with Gasteiger partial charge in [-0.25, -0.2) is 43.9 Å². The topological polar surface area (TPSA) is 9.23 Å². The number of rotatable bonds is 10. The van der Waals surface area contributed by atoms with Gasteiger partial charge in [-0.2, -0.15) is 0 Å². The zero-order valence-electron chi connectivity index (χ0n) is 29.1. The fraction of sp³-hybridized carbons (Fsp3) is 0.231. The van der Waals surface area contributed by atoms with E-state index in [0.717, 1.165) is 44.0 Å². The Kier molecular flexibility index (Phi) is 11.3. The predicted octanol–water partition coefficient (Wildman–Crippen LogP) is 9.07. The molecule has 0 radical (unpaired) electrons. The summed E-state index contributed by atoms with van der Waals surface area (Å²) in [5, 5.41) is 1.57. The molecule has 0 spiro atoms. The van der Waals surface area contributed by atoms with Crippen LogP contribution in [0.2, 0.25) is 6.32 Å². The van der Waals surface area contributed by atoms with E-state index in [1.807, 2.05) is 65.8 Å². The van der Waals surface area contributed by atoms with Crippen LogP contribution in [0.5, 0.6) is 0 Å². The van der Waals surface area contributed by atoms with Crippen LogP contribution in [0, 0.1) is 99.7 Å². The van der Waals surface area contributed by atoms with E-state index in [4.69, 9.17) is 4.65 Å². The SMILES string of the molecule is Cc1cc(C)c([PH+](CC[B-](OCc2ccccc2)(c2c(F)c(F)c(F)c(F)c2F)c2c(F)c(F)c(F)c(F)c2F)c2c(C)cc(C)cc2C)c(C)c1. The van der Waals surface area contributed by atoms with Gasteiger partial charge in [-0.3, -0.25) is 0 Å². The summed E-state index contributed by atoms with van der Waals surface area (Å²) in [4.78, 5) is 0. The van der Waals surface area contributed by atoms with E-state index in [1.54, 1.807) is 6.07 Å². The lowest BCUT2D eigenvalue weighted by Gasteiger charge is -2.43. The van der Waals surface area contributed by atoms with Gasteiger partial charge < -0.3 is 4.65 Å². The van der Waals surface area contributed by atoms with Crippen LogP contribution in [-0.4, -0.2) is 12.5 Å². The molecule has 1 nitrogen and oxygen atoms in total. The average molecular weight is 750 g/mol. The van der Waals surface area contributed by atoms with Crippen molar-refractivity contribution in [2.75, 3.05) is 6.16 Å². The smallest absolute Gasteiger partial charge is 0.200 e. The van der Waals surface area contributed by atoms with Crippen LogP contribution < -0.4 is 21.5 Å². The summed E-state index contributed by atoms with van der Waals surface area (Å²) in [6.07, 6.45) is -5.69. The fourth-order valence-electron chi connectivity index (χ4n) is 7.59. The van der Waals surface area contributed by atoms with Crippen LogP contribution in [-0.2, 0) is 11.3 Å². The Bertz CT molecular complexity index is 1960. The summed E-state index contributed by atoms with van der Waals surface area (Å²) in [5.41, 5.74) is 1.54. The van der Waals surface area contributed by atoms with Gasteiger partial charge >= 0.3 is 0 Å². The van der Waals surface area contributed by atoms with Gasteiger partial charge in [0.25, 0.3) is 0 Å². The second-order valence-corrected chi connectivity index (χ2v) is 15.7. The molecule has 0 amide bonds. The van der Waals surface area contributed by atoms with Gasteiger partial charge in [-0.05, 0) is 69.4 Å². The zero-order valence-corrected chi connectivity index (χ0v) is 30.1. The molecule has 0 fully saturated rings. The number of hydrogen-bond donors (Lipinski definition) is 0. The molecule has 13 heteroatoms. The van der Waals surface area contributed by atoms with Crippen LogP contribution in [0.1, 0.15) is 38.9 Å². The summed E-state index contributed by atoms with van der Waals surface area (Å²) in [6.45, 7) is 10.3. The maximum Gasteiger partial charge on any atom is 0.200 e. The molecule has 5 aromatic rings. The molecule has 0 aliphatic carbocycles. The van der Waals surface area contributed by atoms with Crippen LogP contribution in [0.25, 0.3) is 0 Å². The standard InChI is InChI=1S/C39H33BF10OP/c1-19-14-21(3)38(22(4)15-19)52(39-23(5)16-20(2)17-24(39)6)13-12-40(51-18-25-10-8-7-9-11-25,26-28(41)32(45)36(49)33(46)29(26)42)27-30(43)34(47)37(50)35(48)31(27)44/h7-11,14-17H,12-13,18H2,1-6H3/q-1/p+1. The molecular weight excluding hydrogens is 716 g/mol. The Labute approximate surface area is 296 Å². The van der Waals surface area contributed by atoms with Crippen molar-refractivity contribution in [3.63, 3.8) is 0 Å². The van der Waals surface area contributed by atoms with Gasteiger partial charge in [0.1, 0.15) is 33.9 Å². The molecule has 0 aliphatic heterocycles. The summed E-state index contributed by atoms with van der Waals surface area (Å²) in [7, 11) is -2.27. The van der Waals surface area contributed by atoms with Crippen molar-refractivity contribution in [2.45, 2.75) is 54.5 Å². The Morgan fingerprint density at radius 3 is 1.15 bits per heavy atom. The normalized spacial score (nSPS) is 11.9. The Balaban J connectivity index is 1.91. The minimum Gasteiger partial charge on any atom is -0.579 e. The number of benzene rings is 5. The van der Waals surface area contributed by atoms with Crippen molar-refractivity contribution in [3.8, 4) is 0 Å². The third-order valence-corrected chi connectivity index (χ3v) is 13.1. The van der Waals surface area contributed by atoms with Crippen LogP contribution >= 0.6 is 7.92 Å². The third kappa shape index (κ3) is 6.87. The number of aryl methyl sites for hydroxylation is 6. The molecule has 0 heterocycles. The second kappa shape index (κ2) is 15.1. The van der Waals surface area contributed by atoms with E-state index in [2.05, 4.69) is 0 Å². The van der Waals surface area contributed by atoms with Crippen LogP contribution in [0.3, 0.4) is 0 Å². The highest BCUT2D eigenvalue weighted by molar-refractivity contribution is 7.73. The van der Waals surface area contributed by atoms with Crippen LogP contribution in [0.4, 0.5) is 43.9 Å². The monoisotopic (exact) mass is 750 g/mol.